The molecule has 2 aromatic heterocycles. The fourth-order valence-corrected chi connectivity index (χ4v) is 3.37. The SMILES string of the molecule is COCCC(=O)N1CC[C@@H](c2cc(Nc3nccs3)nc(C)n2)C1. The molecule has 128 valence electrons. The normalized spacial score (nSPS) is 17.2. The molecule has 1 amide bonds. The summed E-state index contributed by atoms with van der Waals surface area (Å²) in [4.78, 5) is 27.2. The lowest BCUT2D eigenvalue weighted by atomic mass is 10.0. The number of hydrogen-bond donors (Lipinski definition) is 1. The van der Waals surface area contributed by atoms with E-state index in [1.165, 1.54) is 11.3 Å². The van der Waals surface area contributed by atoms with Gasteiger partial charge in [-0.15, -0.1) is 11.3 Å². The maximum Gasteiger partial charge on any atom is 0.224 e. The van der Waals surface area contributed by atoms with Gasteiger partial charge < -0.3 is 15.0 Å². The van der Waals surface area contributed by atoms with E-state index in [1.807, 2.05) is 23.3 Å². The first-order valence-corrected chi connectivity index (χ1v) is 8.82. The number of aromatic nitrogens is 3. The molecule has 0 saturated carbocycles. The Balaban J connectivity index is 1.68. The maximum absolute atomic E-state index is 12.1. The highest BCUT2D eigenvalue weighted by Crippen LogP contribution is 2.28. The van der Waals surface area contributed by atoms with Crippen LogP contribution in [0.5, 0.6) is 0 Å². The van der Waals surface area contributed by atoms with Crippen LogP contribution >= 0.6 is 11.3 Å². The molecule has 3 rings (SSSR count). The number of rotatable bonds is 6. The molecule has 1 N–H and O–H groups in total. The summed E-state index contributed by atoms with van der Waals surface area (Å²) in [5.74, 6) is 1.86. The quantitative estimate of drug-likeness (QED) is 0.864. The molecule has 1 atom stereocenters. The second-order valence-corrected chi connectivity index (χ2v) is 6.65. The number of methoxy groups -OCH3 is 1. The molecule has 1 fully saturated rings. The van der Waals surface area contributed by atoms with E-state index in [2.05, 4.69) is 20.3 Å². The van der Waals surface area contributed by atoms with Gasteiger partial charge in [0.1, 0.15) is 11.6 Å². The highest BCUT2D eigenvalue weighted by molar-refractivity contribution is 7.13. The standard InChI is InChI=1S/C16H21N5O2S/c1-11-18-13(9-14(19-11)20-16-17-5-8-24-16)12-3-6-21(10-12)15(22)4-7-23-2/h5,8-9,12H,3-4,6-7,10H2,1-2H3,(H,17,18,19,20)/t12-/m1/s1. The lowest BCUT2D eigenvalue weighted by molar-refractivity contribution is -0.131. The first-order valence-electron chi connectivity index (χ1n) is 7.94. The van der Waals surface area contributed by atoms with Crippen molar-refractivity contribution < 1.29 is 9.53 Å². The van der Waals surface area contributed by atoms with E-state index in [4.69, 9.17) is 4.74 Å². The van der Waals surface area contributed by atoms with Crippen LogP contribution in [-0.4, -0.2) is 52.6 Å². The van der Waals surface area contributed by atoms with Crippen molar-refractivity contribution in [3.05, 3.63) is 29.2 Å². The first-order chi connectivity index (χ1) is 11.7. The summed E-state index contributed by atoms with van der Waals surface area (Å²) in [5, 5.41) is 5.93. The van der Waals surface area contributed by atoms with Crippen molar-refractivity contribution in [2.24, 2.45) is 0 Å². The van der Waals surface area contributed by atoms with Crippen LogP contribution in [0, 0.1) is 6.92 Å². The van der Waals surface area contributed by atoms with E-state index in [0.717, 1.165) is 35.4 Å². The molecule has 0 aromatic carbocycles. The third kappa shape index (κ3) is 4.07. The number of carbonyl (C=O) groups is 1. The van der Waals surface area contributed by atoms with Crippen LogP contribution in [0.1, 0.15) is 30.3 Å². The van der Waals surface area contributed by atoms with Gasteiger partial charge in [0.2, 0.25) is 5.91 Å². The third-order valence-electron chi connectivity index (χ3n) is 4.00. The number of anilines is 2. The number of nitrogens with one attached hydrogen (secondary N) is 1. The van der Waals surface area contributed by atoms with E-state index >= 15 is 0 Å². The molecular formula is C16H21N5O2S. The topological polar surface area (TPSA) is 80.2 Å². The van der Waals surface area contributed by atoms with Gasteiger partial charge in [-0.25, -0.2) is 15.0 Å². The van der Waals surface area contributed by atoms with Crippen molar-refractivity contribution in [1.82, 2.24) is 19.9 Å². The van der Waals surface area contributed by atoms with Crippen LogP contribution in [-0.2, 0) is 9.53 Å². The van der Waals surface area contributed by atoms with Gasteiger partial charge in [-0.1, -0.05) is 0 Å². The Morgan fingerprint density at radius 1 is 1.50 bits per heavy atom. The summed E-state index contributed by atoms with van der Waals surface area (Å²) in [6.45, 7) is 3.82. The second-order valence-electron chi connectivity index (χ2n) is 5.76. The zero-order chi connectivity index (χ0) is 16.9. The number of hydrogen-bond acceptors (Lipinski definition) is 7. The molecule has 24 heavy (non-hydrogen) atoms. The van der Waals surface area contributed by atoms with Gasteiger partial charge in [-0.3, -0.25) is 4.79 Å². The van der Waals surface area contributed by atoms with Gasteiger partial charge in [-0.05, 0) is 13.3 Å². The van der Waals surface area contributed by atoms with E-state index in [1.54, 1.807) is 13.3 Å². The monoisotopic (exact) mass is 347 g/mol. The van der Waals surface area contributed by atoms with E-state index < -0.39 is 0 Å². The molecular weight excluding hydrogens is 326 g/mol. The summed E-state index contributed by atoms with van der Waals surface area (Å²) in [6, 6.07) is 1.96. The highest BCUT2D eigenvalue weighted by Gasteiger charge is 2.28. The summed E-state index contributed by atoms with van der Waals surface area (Å²) in [6.07, 6.45) is 3.11. The molecule has 7 nitrogen and oxygen atoms in total. The molecule has 0 aliphatic carbocycles. The molecule has 0 bridgehead atoms. The molecule has 1 saturated heterocycles. The lowest BCUT2D eigenvalue weighted by Crippen LogP contribution is -2.29. The van der Waals surface area contributed by atoms with E-state index in [9.17, 15) is 4.79 Å². The summed E-state index contributed by atoms with van der Waals surface area (Å²) >= 11 is 1.53. The number of ether oxygens (including phenoxy) is 1. The Morgan fingerprint density at radius 3 is 3.12 bits per heavy atom. The Bertz CT molecular complexity index is 692. The third-order valence-corrected chi connectivity index (χ3v) is 4.69. The number of carbonyl (C=O) groups excluding carboxylic acids is 1. The minimum atomic E-state index is 0.145. The number of amides is 1. The molecule has 0 unspecified atom stereocenters. The number of aryl methyl sites for hydroxylation is 1. The average Bonchev–Trinajstić information content (AvgIpc) is 3.23. The van der Waals surface area contributed by atoms with Crippen LogP contribution in [0.4, 0.5) is 10.9 Å². The van der Waals surface area contributed by atoms with Gasteiger partial charge in [0.05, 0.1) is 18.7 Å². The van der Waals surface area contributed by atoms with E-state index in [0.29, 0.717) is 19.6 Å². The number of nitrogens with zero attached hydrogens (tertiary/aromatic N) is 4. The fourth-order valence-electron chi connectivity index (χ4n) is 2.83. The Morgan fingerprint density at radius 2 is 2.38 bits per heavy atom. The first kappa shape index (κ1) is 16.8. The van der Waals surface area contributed by atoms with Gasteiger partial charge in [0, 0.05) is 43.8 Å². The lowest BCUT2D eigenvalue weighted by Gasteiger charge is -2.16. The smallest absolute Gasteiger partial charge is 0.224 e. The molecule has 2 aromatic rings. The summed E-state index contributed by atoms with van der Waals surface area (Å²) < 4.78 is 4.98. The maximum atomic E-state index is 12.1. The van der Waals surface area contributed by atoms with Crippen LogP contribution in [0.3, 0.4) is 0 Å². The van der Waals surface area contributed by atoms with Crippen molar-refractivity contribution in [1.29, 1.82) is 0 Å². The van der Waals surface area contributed by atoms with Crippen molar-refractivity contribution in [3.63, 3.8) is 0 Å². The van der Waals surface area contributed by atoms with Crippen LogP contribution in [0.2, 0.25) is 0 Å². The van der Waals surface area contributed by atoms with Crippen molar-refractivity contribution >= 4 is 28.2 Å². The molecule has 0 spiro atoms. The fraction of sp³-hybridized carbons (Fsp3) is 0.500. The molecule has 3 heterocycles. The van der Waals surface area contributed by atoms with Gasteiger partial charge in [-0.2, -0.15) is 0 Å². The zero-order valence-electron chi connectivity index (χ0n) is 13.9. The largest absolute Gasteiger partial charge is 0.384 e. The molecule has 0 radical (unpaired) electrons. The zero-order valence-corrected chi connectivity index (χ0v) is 14.7. The Labute approximate surface area is 145 Å². The Kier molecular flexibility index (Phi) is 5.37. The van der Waals surface area contributed by atoms with E-state index in [-0.39, 0.29) is 11.8 Å². The summed E-state index contributed by atoms with van der Waals surface area (Å²) in [7, 11) is 1.61. The molecule has 8 heteroatoms. The highest BCUT2D eigenvalue weighted by atomic mass is 32.1. The summed E-state index contributed by atoms with van der Waals surface area (Å²) in [5.41, 5.74) is 0.976. The van der Waals surface area contributed by atoms with Gasteiger partial charge in [0.15, 0.2) is 5.13 Å². The van der Waals surface area contributed by atoms with Gasteiger partial charge >= 0.3 is 0 Å². The average molecular weight is 347 g/mol. The van der Waals surface area contributed by atoms with Crippen LogP contribution in [0.15, 0.2) is 17.6 Å². The predicted molar refractivity (Wildman–Crippen MR) is 92.6 cm³/mol. The van der Waals surface area contributed by atoms with Crippen molar-refractivity contribution in [2.45, 2.75) is 25.7 Å². The van der Waals surface area contributed by atoms with Crippen LogP contribution < -0.4 is 5.32 Å². The minimum absolute atomic E-state index is 0.145. The molecule has 1 aliphatic rings. The Hall–Kier alpha value is -2.06. The minimum Gasteiger partial charge on any atom is -0.384 e. The van der Waals surface area contributed by atoms with Crippen LogP contribution in [0.25, 0.3) is 0 Å². The number of thiazole rings is 1. The molecule has 1 aliphatic heterocycles. The van der Waals surface area contributed by atoms with Gasteiger partial charge in [0.25, 0.3) is 0 Å². The predicted octanol–water partition coefficient (Wildman–Crippen LogP) is 2.34. The number of likely N-dealkylation sites (tertiary alicyclic amines) is 1. The van der Waals surface area contributed by atoms with Crippen molar-refractivity contribution in [3.8, 4) is 0 Å². The van der Waals surface area contributed by atoms with Crippen molar-refractivity contribution in [2.75, 3.05) is 32.1 Å². The second kappa shape index (κ2) is 7.67.